The van der Waals surface area contributed by atoms with Crippen molar-refractivity contribution in [2.75, 3.05) is 13.2 Å². The van der Waals surface area contributed by atoms with Crippen LogP contribution in [0.1, 0.15) is 58.3 Å². The van der Waals surface area contributed by atoms with E-state index < -0.39 is 17.9 Å². The zero-order valence-corrected chi connectivity index (χ0v) is 13.3. The summed E-state index contributed by atoms with van der Waals surface area (Å²) in [4.78, 5) is 33.2. The van der Waals surface area contributed by atoms with E-state index in [1.807, 2.05) is 0 Å². The van der Waals surface area contributed by atoms with Crippen LogP contribution in [0.25, 0.3) is 0 Å². The van der Waals surface area contributed by atoms with Crippen LogP contribution < -0.4 is 0 Å². The normalized spacial score (nSPS) is 10.0. The van der Waals surface area contributed by atoms with E-state index in [-0.39, 0.29) is 25.0 Å². The highest BCUT2D eigenvalue weighted by atomic mass is 16.5. The Labute approximate surface area is 131 Å². The van der Waals surface area contributed by atoms with Crippen LogP contribution in [0.15, 0.2) is 12.2 Å². The molecule has 0 atom stereocenters. The average molecular weight is 314 g/mol. The first-order chi connectivity index (χ1) is 10.5. The Morgan fingerprint density at radius 2 is 1.59 bits per heavy atom. The van der Waals surface area contributed by atoms with Crippen molar-refractivity contribution in [1.82, 2.24) is 0 Å². The molecular weight excluding hydrogens is 288 g/mol. The van der Waals surface area contributed by atoms with Crippen molar-refractivity contribution >= 4 is 17.9 Å². The van der Waals surface area contributed by atoms with Gasteiger partial charge in [-0.15, -0.1) is 0 Å². The van der Waals surface area contributed by atoms with Crippen LogP contribution in [0.2, 0.25) is 0 Å². The Kier molecular flexibility index (Phi) is 11.8. The van der Waals surface area contributed by atoms with E-state index in [1.165, 1.54) is 19.3 Å². The Morgan fingerprint density at radius 3 is 2.23 bits per heavy atom. The van der Waals surface area contributed by atoms with Crippen molar-refractivity contribution in [1.29, 1.82) is 0 Å². The highest BCUT2D eigenvalue weighted by Gasteiger charge is 2.14. The summed E-state index contributed by atoms with van der Waals surface area (Å²) in [5.74, 6) is -2.34. The summed E-state index contributed by atoms with van der Waals surface area (Å²) in [5, 5.41) is 8.41. The number of hydrogen-bond donors (Lipinski definition) is 1. The minimum absolute atomic E-state index is 0.0293. The van der Waals surface area contributed by atoms with Crippen LogP contribution in [-0.2, 0) is 23.9 Å². The summed E-state index contributed by atoms with van der Waals surface area (Å²) in [5.41, 5.74) is -0.0293. The van der Waals surface area contributed by atoms with E-state index in [4.69, 9.17) is 9.84 Å². The quantitative estimate of drug-likeness (QED) is 0.319. The molecule has 0 aromatic heterocycles. The predicted octanol–water partition coefficient (Wildman–Crippen LogP) is 2.85. The van der Waals surface area contributed by atoms with Gasteiger partial charge in [-0.25, -0.2) is 4.79 Å². The molecule has 0 saturated heterocycles. The molecule has 1 N–H and O–H groups in total. The lowest BCUT2D eigenvalue weighted by Gasteiger charge is -2.07. The minimum atomic E-state index is -1.06. The first-order valence-electron chi connectivity index (χ1n) is 7.69. The first-order valence-corrected chi connectivity index (χ1v) is 7.69. The van der Waals surface area contributed by atoms with E-state index in [0.717, 1.165) is 19.3 Å². The third-order valence-electron chi connectivity index (χ3n) is 2.96. The molecule has 0 amide bonds. The molecule has 6 heteroatoms. The average Bonchev–Trinajstić information content (AvgIpc) is 2.45. The summed E-state index contributed by atoms with van der Waals surface area (Å²) in [6.45, 7) is 5.71. The Hall–Kier alpha value is -1.85. The van der Waals surface area contributed by atoms with Gasteiger partial charge in [0.1, 0.15) is 6.61 Å². The van der Waals surface area contributed by atoms with Gasteiger partial charge in [0.05, 0.1) is 19.4 Å². The SMILES string of the molecule is C=C(CC(=O)OCCCCCCCC)C(=O)OCCC(=O)O. The van der Waals surface area contributed by atoms with E-state index in [1.54, 1.807) is 0 Å². The van der Waals surface area contributed by atoms with Gasteiger partial charge >= 0.3 is 17.9 Å². The smallest absolute Gasteiger partial charge is 0.334 e. The van der Waals surface area contributed by atoms with Gasteiger partial charge in [0, 0.05) is 5.57 Å². The number of carbonyl (C=O) groups excluding carboxylic acids is 2. The van der Waals surface area contributed by atoms with Crippen LogP contribution in [0.3, 0.4) is 0 Å². The number of esters is 2. The monoisotopic (exact) mass is 314 g/mol. The maximum Gasteiger partial charge on any atom is 0.334 e. The fourth-order valence-electron chi connectivity index (χ4n) is 1.70. The van der Waals surface area contributed by atoms with Gasteiger partial charge in [0.2, 0.25) is 0 Å². The second-order valence-electron chi connectivity index (χ2n) is 5.05. The predicted molar refractivity (Wildman–Crippen MR) is 81.3 cm³/mol. The van der Waals surface area contributed by atoms with Crippen LogP contribution in [-0.4, -0.2) is 36.2 Å². The first kappa shape index (κ1) is 20.1. The number of carbonyl (C=O) groups is 3. The van der Waals surface area contributed by atoms with E-state index in [0.29, 0.717) is 6.61 Å². The van der Waals surface area contributed by atoms with Gasteiger partial charge in [-0.3, -0.25) is 9.59 Å². The topological polar surface area (TPSA) is 89.9 Å². The largest absolute Gasteiger partial charge is 0.481 e. The molecular formula is C16H26O6. The lowest BCUT2D eigenvalue weighted by atomic mass is 10.1. The molecule has 0 radical (unpaired) electrons. The summed E-state index contributed by atoms with van der Waals surface area (Å²) < 4.78 is 9.68. The Balaban J connectivity index is 3.66. The second-order valence-corrected chi connectivity index (χ2v) is 5.05. The van der Waals surface area contributed by atoms with Crippen LogP contribution in [0.5, 0.6) is 0 Å². The molecule has 0 bridgehead atoms. The molecule has 0 aliphatic heterocycles. The number of unbranched alkanes of at least 4 members (excludes halogenated alkanes) is 5. The molecule has 0 aromatic carbocycles. The van der Waals surface area contributed by atoms with Gasteiger partial charge in [-0.05, 0) is 6.42 Å². The van der Waals surface area contributed by atoms with Crippen molar-refractivity contribution in [3.8, 4) is 0 Å². The molecule has 0 saturated carbocycles. The fraction of sp³-hybridized carbons (Fsp3) is 0.688. The lowest BCUT2D eigenvalue weighted by Crippen LogP contribution is -2.15. The summed E-state index contributed by atoms with van der Waals surface area (Å²) in [7, 11) is 0. The number of rotatable bonds is 13. The Morgan fingerprint density at radius 1 is 0.955 bits per heavy atom. The molecule has 0 aliphatic carbocycles. The van der Waals surface area contributed by atoms with Crippen LogP contribution in [0, 0.1) is 0 Å². The van der Waals surface area contributed by atoms with E-state index in [2.05, 4.69) is 18.2 Å². The van der Waals surface area contributed by atoms with E-state index in [9.17, 15) is 14.4 Å². The second kappa shape index (κ2) is 12.9. The number of hydrogen-bond acceptors (Lipinski definition) is 5. The van der Waals surface area contributed by atoms with E-state index >= 15 is 0 Å². The number of aliphatic carboxylic acids is 1. The maximum absolute atomic E-state index is 11.5. The van der Waals surface area contributed by atoms with Crippen molar-refractivity contribution in [2.24, 2.45) is 0 Å². The van der Waals surface area contributed by atoms with Gasteiger partial charge in [0.25, 0.3) is 0 Å². The van der Waals surface area contributed by atoms with Gasteiger partial charge < -0.3 is 14.6 Å². The van der Waals surface area contributed by atoms with Crippen LogP contribution >= 0.6 is 0 Å². The number of carboxylic acid groups (broad SMARTS) is 1. The Bertz CT molecular complexity index is 375. The maximum atomic E-state index is 11.5. The zero-order chi connectivity index (χ0) is 16.8. The van der Waals surface area contributed by atoms with Crippen LogP contribution in [0.4, 0.5) is 0 Å². The fourth-order valence-corrected chi connectivity index (χ4v) is 1.70. The van der Waals surface area contributed by atoms with Gasteiger partial charge in [-0.1, -0.05) is 45.6 Å². The van der Waals surface area contributed by atoms with Gasteiger partial charge in [0.15, 0.2) is 0 Å². The highest BCUT2D eigenvalue weighted by molar-refractivity contribution is 5.93. The lowest BCUT2D eigenvalue weighted by molar-refractivity contribution is -0.147. The third-order valence-corrected chi connectivity index (χ3v) is 2.96. The molecule has 0 aliphatic rings. The molecule has 126 valence electrons. The van der Waals surface area contributed by atoms with Crippen molar-refractivity contribution in [3.05, 3.63) is 12.2 Å². The highest BCUT2D eigenvalue weighted by Crippen LogP contribution is 2.07. The summed E-state index contributed by atoms with van der Waals surface area (Å²) in [6.07, 6.45) is 6.07. The molecule has 6 nitrogen and oxygen atoms in total. The van der Waals surface area contributed by atoms with Crippen molar-refractivity contribution in [3.63, 3.8) is 0 Å². The minimum Gasteiger partial charge on any atom is -0.481 e. The van der Waals surface area contributed by atoms with Crippen molar-refractivity contribution in [2.45, 2.75) is 58.3 Å². The molecule has 22 heavy (non-hydrogen) atoms. The third kappa shape index (κ3) is 11.9. The van der Waals surface area contributed by atoms with Gasteiger partial charge in [-0.2, -0.15) is 0 Å². The molecule has 0 rings (SSSR count). The molecule has 0 unspecified atom stereocenters. The summed E-state index contributed by atoms with van der Waals surface area (Å²) >= 11 is 0. The zero-order valence-electron chi connectivity index (χ0n) is 13.3. The van der Waals surface area contributed by atoms with Crippen molar-refractivity contribution < 1.29 is 29.0 Å². The molecule has 0 fully saturated rings. The molecule has 0 aromatic rings. The molecule has 0 spiro atoms. The standard InChI is InChI=1S/C16H26O6/c1-3-4-5-6-7-8-10-21-15(19)12-13(2)16(20)22-11-9-14(17)18/h2-12H2,1H3,(H,17,18). The molecule has 0 heterocycles. The number of carboxylic acids is 1. The summed E-state index contributed by atoms with van der Waals surface area (Å²) in [6, 6.07) is 0. The number of ether oxygens (including phenoxy) is 2.